The summed E-state index contributed by atoms with van der Waals surface area (Å²) in [6.07, 6.45) is 3.21. The zero-order valence-corrected chi connectivity index (χ0v) is 19.9. The summed E-state index contributed by atoms with van der Waals surface area (Å²) in [5.41, 5.74) is 4.27. The molecule has 174 valence electrons. The van der Waals surface area contributed by atoms with Crippen molar-refractivity contribution in [2.45, 2.75) is 19.9 Å². The maximum Gasteiger partial charge on any atom is 0.300 e. The van der Waals surface area contributed by atoms with Crippen LogP contribution in [0.25, 0.3) is 5.76 Å². The molecule has 7 heteroatoms. The number of hydrogen-bond acceptors (Lipinski definition) is 6. The van der Waals surface area contributed by atoms with Gasteiger partial charge in [0.05, 0.1) is 18.7 Å². The number of benzene rings is 2. The topological polar surface area (TPSA) is 83.0 Å². The molecule has 1 fully saturated rings. The molecule has 4 rings (SSSR count). The van der Waals surface area contributed by atoms with Gasteiger partial charge in [-0.25, -0.2) is 0 Å². The van der Waals surface area contributed by atoms with Crippen molar-refractivity contribution in [3.8, 4) is 5.75 Å². The minimum atomic E-state index is -0.796. The van der Waals surface area contributed by atoms with E-state index in [0.29, 0.717) is 22.6 Å². The molecule has 3 aromatic rings. The van der Waals surface area contributed by atoms with Gasteiger partial charge in [-0.1, -0.05) is 0 Å². The highest BCUT2D eigenvalue weighted by Crippen LogP contribution is 2.43. The molecule has 1 atom stereocenters. The number of nitrogens with zero attached hydrogens (tertiary/aromatic N) is 3. The number of rotatable bonds is 5. The summed E-state index contributed by atoms with van der Waals surface area (Å²) in [6, 6.07) is 13.7. The minimum absolute atomic E-state index is 0.0422. The summed E-state index contributed by atoms with van der Waals surface area (Å²) < 4.78 is 5.38. The van der Waals surface area contributed by atoms with Crippen LogP contribution in [0.4, 0.5) is 11.4 Å². The predicted molar refractivity (Wildman–Crippen MR) is 132 cm³/mol. The van der Waals surface area contributed by atoms with Gasteiger partial charge < -0.3 is 14.7 Å². The third kappa shape index (κ3) is 3.90. The molecule has 1 aromatic heterocycles. The maximum atomic E-state index is 13.3. The molecular formula is C27H27N3O4. The fraction of sp³-hybridized carbons (Fsp3) is 0.222. The number of methoxy groups -OCH3 is 1. The van der Waals surface area contributed by atoms with Crippen LogP contribution in [0, 0.1) is 13.8 Å². The van der Waals surface area contributed by atoms with Crippen molar-refractivity contribution >= 4 is 28.8 Å². The van der Waals surface area contributed by atoms with Crippen LogP contribution in [-0.4, -0.2) is 43.0 Å². The minimum Gasteiger partial charge on any atom is -0.507 e. The Morgan fingerprint density at radius 3 is 2.24 bits per heavy atom. The van der Waals surface area contributed by atoms with Crippen molar-refractivity contribution in [1.82, 2.24) is 4.98 Å². The van der Waals surface area contributed by atoms with Gasteiger partial charge in [0.25, 0.3) is 11.7 Å². The van der Waals surface area contributed by atoms with Gasteiger partial charge in [-0.15, -0.1) is 0 Å². The largest absolute Gasteiger partial charge is 0.507 e. The molecule has 0 spiro atoms. The number of ketones is 1. The van der Waals surface area contributed by atoms with Crippen LogP contribution in [0.1, 0.15) is 28.3 Å². The number of carbonyl (C=O) groups excluding carboxylic acids is 2. The first kappa shape index (κ1) is 23.0. The third-order valence-electron chi connectivity index (χ3n) is 6.11. The third-order valence-corrected chi connectivity index (χ3v) is 6.11. The van der Waals surface area contributed by atoms with E-state index in [2.05, 4.69) is 4.98 Å². The SMILES string of the molecule is COc1cc(C)c(/C(O)=C2\C(=O)C(=O)N(c3ccc(N(C)C)cc3)C2c2ccncc2)cc1C. The first-order valence-corrected chi connectivity index (χ1v) is 10.9. The van der Waals surface area contributed by atoms with Crippen molar-refractivity contribution in [3.05, 3.63) is 88.8 Å². The molecule has 0 bridgehead atoms. The number of Topliss-reactive ketones (excluding diaryl/α,β-unsaturated/α-hetero) is 1. The van der Waals surface area contributed by atoms with E-state index in [1.165, 1.54) is 4.90 Å². The number of ether oxygens (including phenoxy) is 1. The molecule has 7 nitrogen and oxygen atoms in total. The molecule has 1 unspecified atom stereocenters. The smallest absolute Gasteiger partial charge is 0.300 e. The van der Waals surface area contributed by atoms with E-state index in [-0.39, 0.29) is 11.3 Å². The molecule has 1 amide bonds. The number of aliphatic hydroxyl groups is 1. The van der Waals surface area contributed by atoms with Crippen LogP contribution in [-0.2, 0) is 9.59 Å². The zero-order chi connectivity index (χ0) is 24.6. The molecule has 0 saturated carbocycles. The van der Waals surface area contributed by atoms with Crippen LogP contribution in [0.3, 0.4) is 0 Å². The molecule has 2 heterocycles. The Balaban J connectivity index is 1.92. The molecule has 0 radical (unpaired) electrons. The number of aryl methyl sites for hydroxylation is 2. The van der Waals surface area contributed by atoms with E-state index >= 15 is 0 Å². The summed E-state index contributed by atoms with van der Waals surface area (Å²) in [5.74, 6) is -0.954. The molecule has 1 N–H and O–H groups in total. The van der Waals surface area contributed by atoms with Crippen molar-refractivity contribution in [3.63, 3.8) is 0 Å². The second-order valence-electron chi connectivity index (χ2n) is 8.50. The van der Waals surface area contributed by atoms with Crippen molar-refractivity contribution in [2.75, 3.05) is 31.0 Å². The summed E-state index contributed by atoms with van der Waals surface area (Å²) >= 11 is 0. The lowest BCUT2D eigenvalue weighted by Crippen LogP contribution is -2.29. The van der Waals surface area contributed by atoms with Gasteiger partial charge in [0.1, 0.15) is 11.5 Å². The second-order valence-corrected chi connectivity index (χ2v) is 8.50. The van der Waals surface area contributed by atoms with E-state index in [1.807, 2.05) is 51.0 Å². The van der Waals surface area contributed by atoms with Gasteiger partial charge in [-0.2, -0.15) is 0 Å². The molecular weight excluding hydrogens is 430 g/mol. The van der Waals surface area contributed by atoms with Crippen LogP contribution in [0.5, 0.6) is 5.75 Å². The quantitative estimate of drug-likeness (QED) is 0.347. The molecule has 34 heavy (non-hydrogen) atoms. The summed E-state index contributed by atoms with van der Waals surface area (Å²) in [5, 5.41) is 11.4. The molecule has 2 aromatic carbocycles. The Labute approximate surface area is 198 Å². The lowest BCUT2D eigenvalue weighted by molar-refractivity contribution is -0.132. The Morgan fingerprint density at radius 2 is 1.65 bits per heavy atom. The van der Waals surface area contributed by atoms with Crippen molar-refractivity contribution < 1.29 is 19.4 Å². The van der Waals surface area contributed by atoms with Gasteiger partial charge in [0, 0.05) is 43.4 Å². The van der Waals surface area contributed by atoms with Crippen molar-refractivity contribution in [2.24, 2.45) is 0 Å². The normalized spacial score (nSPS) is 17.2. The number of aromatic nitrogens is 1. The fourth-order valence-electron chi connectivity index (χ4n) is 4.28. The highest BCUT2D eigenvalue weighted by Gasteiger charge is 2.47. The van der Waals surface area contributed by atoms with Gasteiger partial charge in [-0.3, -0.25) is 19.5 Å². The van der Waals surface area contributed by atoms with E-state index < -0.39 is 17.7 Å². The van der Waals surface area contributed by atoms with Gasteiger partial charge in [-0.05, 0) is 79.1 Å². The fourth-order valence-corrected chi connectivity index (χ4v) is 4.28. The van der Waals surface area contributed by atoms with E-state index in [1.54, 1.807) is 49.8 Å². The summed E-state index contributed by atoms with van der Waals surface area (Å²) in [6.45, 7) is 3.69. The van der Waals surface area contributed by atoms with E-state index in [0.717, 1.165) is 16.8 Å². The Bertz CT molecular complexity index is 1280. The second kappa shape index (κ2) is 9.02. The summed E-state index contributed by atoms with van der Waals surface area (Å²) in [7, 11) is 5.44. The average Bonchev–Trinajstić information content (AvgIpc) is 3.10. The van der Waals surface area contributed by atoms with Crippen LogP contribution < -0.4 is 14.5 Å². The van der Waals surface area contributed by atoms with Gasteiger partial charge in [0.15, 0.2) is 0 Å². The highest BCUT2D eigenvalue weighted by molar-refractivity contribution is 6.51. The molecule has 1 aliphatic heterocycles. The lowest BCUT2D eigenvalue weighted by atomic mass is 9.93. The molecule has 0 aliphatic carbocycles. The number of hydrogen-bond donors (Lipinski definition) is 1. The van der Waals surface area contributed by atoms with Gasteiger partial charge in [0.2, 0.25) is 0 Å². The highest BCUT2D eigenvalue weighted by atomic mass is 16.5. The van der Waals surface area contributed by atoms with Gasteiger partial charge >= 0.3 is 0 Å². The average molecular weight is 458 g/mol. The first-order valence-electron chi connectivity index (χ1n) is 10.9. The number of aliphatic hydroxyl groups excluding tert-OH is 1. The number of anilines is 2. The summed E-state index contributed by atoms with van der Waals surface area (Å²) in [4.78, 5) is 34.1. The Hall–Kier alpha value is -4.13. The maximum absolute atomic E-state index is 13.3. The zero-order valence-electron chi connectivity index (χ0n) is 19.9. The van der Waals surface area contributed by atoms with E-state index in [4.69, 9.17) is 4.74 Å². The van der Waals surface area contributed by atoms with Crippen molar-refractivity contribution in [1.29, 1.82) is 0 Å². The lowest BCUT2D eigenvalue weighted by Gasteiger charge is -2.26. The molecule has 1 aliphatic rings. The monoisotopic (exact) mass is 457 g/mol. The number of amides is 1. The van der Waals surface area contributed by atoms with Crippen LogP contribution in [0.15, 0.2) is 66.5 Å². The molecule has 1 saturated heterocycles. The standard InChI is InChI=1S/C27H27N3O4/c1-16-15-22(34-5)17(2)14-21(16)25(31)23-24(18-10-12-28-13-11-18)30(27(33)26(23)32)20-8-6-19(7-9-20)29(3)4/h6-15,24,31H,1-5H3/b25-23+. The first-order chi connectivity index (χ1) is 16.2. The van der Waals surface area contributed by atoms with Crippen LogP contribution >= 0.6 is 0 Å². The Morgan fingerprint density at radius 1 is 1.00 bits per heavy atom. The van der Waals surface area contributed by atoms with Crippen LogP contribution in [0.2, 0.25) is 0 Å². The van der Waals surface area contributed by atoms with E-state index in [9.17, 15) is 14.7 Å². The number of carbonyl (C=O) groups is 2. The number of pyridine rings is 1. The Kier molecular flexibility index (Phi) is 6.11. The predicted octanol–water partition coefficient (Wildman–Crippen LogP) is 4.40.